The number of rotatable bonds is 3. The summed E-state index contributed by atoms with van der Waals surface area (Å²) >= 11 is 1.92. The molecule has 0 atom stereocenters. The Morgan fingerprint density at radius 1 is 0.347 bits per heavy atom. The summed E-state index contributed by atoms with van der Waals surface area (Å²) in [6.45, 7) is 10.9. The molecule has 0 fully saturated rings. The fourth-order valence-electron chi connectivity index (χ4n) is 7.90. The molecule has 0 bridgehead atoms. The zero-order valence-corrected chi connectivity index (χ0v) is 29.1. The monoisotopic (exact) mass is 649 g/mol. The van der Waals surface area contributed by atoms with Gasteiger partial charge in [0.15, 0.2) is 0 Å². The molecule has 0 saturated heterocycles. The minimum absolute atomic E-state index is 1.18. The molecule has 0 spiro atoms. The van der Waals surface area contributed by atoms with Crippen LogP contribution in [0, 0.1) is 34.6 Å². The first-order valence-electron chi connectivity index (χ1n) is 17.0. The second-order valence-corrected chi connectivity index (χ2v) is 14.9. The Morgan fingerprint density at radius 2 is 0.755 bits per heavy atom. The largest absolute Gasteiger partial charge is 0.308 e. The summed E-state index contributed by atoms with van der Waals surface area (Å²) in [5.41, 5.74) is 17.4. The molecule has 0 saturated carbocycles. The summed E-state index contributed by atoms with van der Waals surface area (Å²) in [4.78, 5) is 0. The lowest BCUT2D eigenvalue weighted by atomic mass is 10.1. The molecular weight excluding hydrogens is 615 g/mol. The van der Waals surface area contributed by atoms with Gasteiger partial charge in [-0.1, -0.05) is 77.4 Å². The lowest BCUT2D eigenvalue weighted by Crippen LogP contribution is -1.95. The lowest BCUT2D eigenvalue weighted by Gasteiger charge is -2.11. The van der Waals surface area contributed by atoms with E-state index in [1.807, 2.05) is 11.3 Å². The van der Waals surface area contributed by atoms with Crippen molar-refractivity contribution >= 4 is 75.4 Å². The molecule has 3 nitrogen and oxygen atoms in total. The van der Waals surface area contributed by atoms with Gasteiger partial charge in [0.25, 0.3) is 0 Å². The van der Waals surface area contributed by atoms with Crippen LogP contribution < -0.4 is 0 Å². The summed E-state index contributed by atoms with van der Waals surface area (Å²) < 4.78 is 10.1. The SMILES string of the molecule is Cc1ccc(-n2c3cc(C)ccc3c3sc4cc5c(cc4c32)n(-c2ccc(C)cc2)c2c3ccc(C)cc3n(-c3ccc(C)cc3)c52)cc1. The fourth-order valence-corrected chi connectivity index (χ4v) is 9.14. The van der Waals surface area contributed by atoms with E-state index in [1.165, 1.54) is 109 Å². The minimum atomic E-state index is 1.18. The molecule has 0 N–H and O–H groups in total. The van der Waals surface area contributed by atoms with Gasteiger partial charge in [-0.2, -0.15) is 0 Å². The highest BCUT2D eigenvalue weighted by Gasteiger charge is 2.25. The Bertz CT molecular complexity index is 2940. The standard InChI is InChI=1S/C45H35N3S/c1-26-6-14-31(15-7-26)46-38-22-29(4)12-20-34(38)42-43(46)36-25-41-37(24-40(36)47(42)32-16-8-27(2)9-17-32)44-45(49-41)35-21-13-30(5)23-39(35)48(44)33-18-10-28(3)11-19-33/h6-25H,1-5H3. The minimum Gasteiger partial charge on any atom is -0.308 e. The number of thiophene rings is 1. The van der Waals surface area contributed by atoms with E-state index in [0.29, 0.717) is 0 Å². The van der Waals surface area contributed by atoms with Gasteiger partial charge in [-0.3, -0.25) is 0 Å². The fraction of sp³-hybridized carbons (Fsp3) is 0.111. The van der Waals surface area contributed by atoms with Crippen LogP contribution >= 0.6 is 11.3 Å². The van der Waals surface area contributed by atoms with Gasteiger partial charge < -0.3 is 13.7 Å². The van der Waals surface area contributed by atoms with Crippen LogP contribution in [0.2, 0.25) is 0 Å². The van der Waals surface area contributed by atoms with Crippen molar-refractivity contribution in [2.45, 2.75) is 34.6 Å². The van der Waals surface area contributed by atoms with Crippen molar-refractivity contribution in [3.63, 3.8) is 0 Å². The first kappa shape index (κ1) is 28.4. The summed E-state index contributed by atoms with van der Waals surface area (Å²) in [5.74, 6) is 0. The van der Waals surface area contributed by atoms with E-state index in [2.05, 4.69) is 170 Å². The van der Waals surface area contributed by atoms with Crippen molar-refractivity contribution in [1.29, 1.82) is 0 Å². The molecule has 236 valence electrons. The average molecular weight is 650 g/mol. The first-order chi connectivity index (χ1) is 23.8. The van der Waals surface area contributed by atoms with Crippen LogP contribution in [-0.2, 0) is 0 Å². The molecule has 0 unspecified atom stereocenters. The second-order valence-electron chi connectivity index (χ2n) is 13.9. The van der Waals surface area contributed by atoms with Crippen molar-refractivity contribution < 1.29 is 0 Å². The topological polar surface area (TPSA) is 14.8 Å². The highest BCUT2D eigenvalue weighted by atomic mass is 32.1. The molecule has 0 aliphatic rings. The van der Waals surface area contributed by atoms with Gasteiger partial charge in [0.1, 0.15) is 0 Å². The first-order valence-corrected chi connectivity index (χ1v) is 17.8. The number of benzene rings is 6. The highest BCUT2D eigenvalue weighted by molar-refractivity contribution is 7.26. The Hall–Kier alpha value is -5.58. The third-order valence-electron chi connectivity index (χ3n) is 10.3. The van der Waals surface area contributed by atoms with Gasteiger partial charge in [-0.05, 0) is 106 Å². The summed E-state index contributed by atoms with van der Waals surface area (Å²) in [7, 11) is 0. The van der Waals surface area contributed by atoms with Gasteiger partial charge in [0.2, 0.25) is 0 Å². The number of nitrogens with zero attached hydrogens (tertiary/aromatic N) is 3. The molecule has 10 rings (SSSR count). The van der Waals surface area contributed by atoms with Crippen LogP contribution in [0.15, 0.2) is 121 Å². The van der Waals surface area contributed by atoms with E-state index < -0.39 is 0 Å². The molecular formula is C45H35N3S. The smallest absolute Gasteiger partial charge is 0.0804 e. The zero-order valence-electron chi connectivity index (χ0n) is 28.3. The zero-order chi connectivity index (χ0) is 33.1. The molecule has 0 aliphatic carbocycles. The Kier molecular flexibility index (Phi) is 5.93. The normalized spacial score (nSPS) is 12.2. The molecule has 0 amide bonds. The van der Waals surface area contributed by atoms with Crippen molar-refractivity contribution in [3.05, 3.63) is 149 Å². The van der Waals surface area contributed by atoms with Crippen molar-refractivity contribution in [2.75, 3.05) is 0 Å². The molecule has 0 aliphatic heterocycles. The van der Waals surface area contributed by atoms with Gasteiger partial charge >= 0.3 is 0 Å². The van der Waals surface area contributed by atoms with Crippen LogP contribution in [0.1, 0.15) is 27.8 Å². The summed E-state index contributed by atoms with van der Waals surface area (Å²) in [6.07, 6.45) is 0. The third-order valence-corrected chi connectivity index (χ3v) is 11.5. The van der Waals surface area contributed by atoms with Gasteiger partial charge in [-0.25, -0.2) is 0 Å². The van der Waals surface area contributed by atoms with E-state index in [-0.39, 0.29) is 0 Å². The predicted molar refractivity (Wildman–Crippen MR) is 211 cm³/mol. The number of aryl methyl sites for hydroxylation is 5. The summed E-state index contributed by atoms with van der Waals surface area (Å²) in [5, 5.41) is 5.12. The quantitative estimate of drug-likeness (QED) is 0.181. The highest BCUT2D eigenvalue weighted by Crippen LogP contribution is 2.47. The molecule has 10 aromatic rings. The Morgan fingerprint density at radius 3 is 1.29 bits per heavy atom. The van der Waals surface area contributed by atoms with E-state index in [4.69, 9.17) is 0 Å². The maximum Gasteiger partial charge on any atom is 0.0804 e. The van der Waals surface area contributed by atoms with E-state index in [0.717, 1.165) is 0 Å². The third kappa shape index (κ3) is 4.07. The lowest BCUT2D eigenvalue weighted by molar-refractivity contribution is 1.17. The van der Waals surface area contributed by atoms with Gasteiger partial charge in [0, 0.05) is 43.3 Å². The molecule has 4 heteroatoms. The molecule has 4 heterocycles. The van der Waals surface area contributed by atoms with Crippen LogP contribution in [0.25, 0.3) is 81.1 Å². The van der Waals surface area contributed by atoms with Crippen molar-refractivity contribution in [3.8, 4) is 17.1 Å². The van der Waals surface area contributed by atoms with Crippen molar-refractivity contribution in [1.82, 2.24) is 13.7 Å². The number of hydrogen-bond donors (Lipinski definition) is 0. The maximum atomic E-state index is 2.51. The number of hydrogen-bond acceptors (Lipinski definition) is 1. The van der Waals surface area contributed by atoms with E-state index >= 15 is 0 Å². The molecule has 49 heavy (non-hydrogen) atoms. The van der Waals surface area contributed by atoms with Crippen LogP contribution in [0.4, 0.5) is 0 Å². The van der Waals surface area contributed by atoms with Crippen LogP contribution in [0.3, 0.4) is 0 Å². The van der Waals surface area contributed by atoms with Gasteiger partial charge in [0.05, 0.1) is 37.8 Å². The van der Waals surface area contributed by atoms with Crippen LogP contribution in [0.5, 0.6) is 0 Å². The second kappa shape index (κ2) is 10.2. The van der Waals surface area contributed by atoms with E-state index in [9.17, 15) is 0 Å². The Labute approximate surface area is 288 Å². The van der Waals surface area contributed by atoms with Gasteiger partial charge in [-0.15, -0.1) is 11.3 Å². The molecule has 4 aromatic heterocycles. The molecule has 0 radical (unpaired) electrons. The van der Waals surface area contributed by atoms with Crippen LogP contribution in [-0.4, -0.2) is 13.7 Å². The van der Waals surface area contributed by atoms with Crippen molar-refractivity contribution in [2.24, 2.45) is 0 Å². The van der Waals surface area contributed by atoms with E-state index in [1.54, 1.807) is 0 Å². The maximum absolute atomic E-state index is 2.51. The summed E-state index contributed by atoms with van der Waals surface area (Å²) in [6, 6.07) is 45.7. The number of fused-ring (bicyclic) bond motifs is 10. The molecule has 6 aromatic carbocycles. The Balaban J connectivity index is 1.42. The average Bonchev–Trinajstić information content (AvgIpc) is 3.80. The predicted octanol–water partition coefficient (Wildman–Crippen LogP) is 12.6. The number of aromatic nitrogens is 3.